The fraction of sp³-hybridized carbons (Fsp3) is 0.409. The van der Waals surface area contributed by atoms with Crippen LogP contribution < -0.4 is 14.5 Å². The van der Waals surface area contributed by atoms with Crippen LogP contribution in [0.3, 0.4) is 0 Å². The molecule has 3 rings (SSSR count). The van der Waals surface area contributed by atoms with Crippen LogP contribution in [-0.2, 0) is 9.59 Å². The summed E-state index contributed by atoms with van der Waals surface area (Å²) in [4.78, 5) is 34.8. The number of amides is 2. The Labute approximate surface area is 171 Å². The lowest BCUT2D eigenvalue weighted by atomic mass is 10.2. The molecule has 0 atom stereocenters. The van der Waals surface area contributed by atoms with Crippen LogP contribution >= 0.6 is 0 Å². The van der Waals surface area contributed by atoms with Gasteiger partial charge in [-0.05, 0) is 50.2 Å². The number of aromatic nitrogens is 1. The van der Waals surface area contributed by atoms with Crippen molar-refractivity contribution < 1.29 is 14.3 Å². The van der Waals surface area contributed by atoms with Gasteiger partial charge in [0.15, 0.2) is 0 Å². The van der Waals surface area contributed by atoms with Gasteiger partial charge in [0.1, 0.15) is 18.1 Å². The van der Waals surface area contributed by atoms with Gasteiger partial charge in [-0.25, -0.2) is 4.98 Å². The number of rotatable bonds is 6. The van der Waals surface area contributed by atoms with Crippen molar-refractivity contribution in [3.05, 3.63) is 48.7 Å². The average molecular weight is 396 g/mol. The largest absolute Gasteiger partial charge is 0.491 e. The molecule has 0 aliphatic carbocycles. The molecule has 2 amide bonds. The van der Waals surface area contributed by atoms with Crippen molar-refractivity contribution in [2.24, 2.45) is 0 Å². The molecule has 1 aromatic carbocycles. The molecule has 1 saturated heterocycles. The molecule has 0 N–H and O–H groups in total. The Morgan fingerprint density at radius 3 is 2.31 bits per heavy atom. The Balaban J connectivity index is 1.59. The summed E-state index contributed by atoms with van der Waals surface area (Å²) >= 11 is 0. The van der Waals surface area contributed by atoms with Crippen molar-refractivity contribution in [2.75, 3.05) is 42.5 Å². The van der Waals surface area contributed by atoms with E-state index < -0.39 is 0 Å². The molecule has 7 nitrogen and oxygen atoms in total. The standard InChI is InChI=1S/C22H28N4O3/c1-17(2)29-20-9-7-19(8-10-20)26(18(3)27)16-22(28)25-14-12-24(13-15-25)21-6-4-5-11-23-21/h4-11,17H,12-16H2,1-3H3. The predicted octanol–water partition coefficient (Wildman–Crippen LogP) is 2.57. The fourth-order valence-electron chi connectivity index (χ4n) is 3.32. The minimum absolute atomic E-state index is 0.0311. The van der Waals surface area contributed by atoms with E-state index in [9.17, 15) is 9.59 Å². The lowest BCUT2D eigenvalue weighted by Crippen LogP contribution is -2.52. The second-order valence-electron chi connectivity index (χ2n) is 7.32. The summed E-state index contributed by atoms with van der Waals surface area (Å²) in [5.41, 5.74) is 0.689. The minimum atomic E-state index is -0.164. The number of nitrogens with zero attached hydrogens (tertiary/aromatic N) is 4. The molecule has 2 aromatic rings. The molecule has 29 heavy (non-hydrogen) atoms. The summed E-state index contributed by atoms with van der Waals surface area (Å²) in [7, 11) is 0. The number of hydrogen-bond donors (Lipinski definition) is 0. The molecule has 1 aliphatic rings. The second-order valence-corrected chi connectivity index (χ2v) is 7.32. The predicted molar refractivity (Wildman–Crippen MR) is 113 cm³/mol. The van der Waals surface area contributed by atoms with Crippen molar-refractivity contribution in [3.63, 3.8) is 0 Å². The highest BCUT2D eigenvalue weighted by molar-refractivity contribution is 5.97. The molecule has 154 valence electrons. The summed E-state index contributed by atoms with van der Waals surface area (Å²) in [5, 5.41) is 0. The van der Waals surface area contributed by atoms with Gasteiger partial charge >= 0.3 is 0 Å². The number of ether oxygens (including phenoxy) is 1. The normalized spacial score (nSPS) is 14.1. The van der Waals surface area contributed by atoms with E-state index in [4.69, 9.17) is 4.74 Å². The van der Waals surface area contributed by atoms with Crippen LogP contribution in [0.4, 0.5) is 11.5 Å². The van der Waals surface area contributed by atoms with Crippen molar-refractivity contribution >= 4 is 23.3 Å². The molecule has 7 heteroatoms. The van der Waals surface area contributed by atoms with E-state index in [0.29, 0.717) is 18.8 Å². The third kappa shape index (κ3) is 5.47. The number of piperazine rings is 1. The number of pyridine rings is 1. The van der Waals surface area contributed by atoms with E-state index >= 15 is 0 Å². The average Bonchev–Trinajstić information content (AvgIpc) is 2.73. The van der Waals surface area contributed by atoms with Gasteiger partial charge in [-0.15, -0.1) is 0 Å². The SMILES string of the molecule is CC(=O)N(CC(=O)N1CCN(c2ccccn2)CC1)c1ccc(OC(C)C)cc1. The van der Waals surface area contributed by atoms with Crippen LogP contribution in [-0.4, -0.2) is 60.5 Å². The summed E-state index contributed by atoms with van der Waals surface area (Å²) in [6.45, 7) is 8.11. The summed E-state index contributed by atoms with van der Waals surface area (Å²) in [5.74, 6) is 1.45. The first kappa shape index (κ1) is 20.6. The van der Waals surface area contributed by atoms with Crippen molar-refractivity contribution in [2.45, 2.75) is 26.9 Å². The Kier molecular flexibility index (Phi) is 6.69. The maximum atomic E-state index is 12.8. The van der Waals surface area contributed by atoms with Gasteiger partial charge in [-0.1, -0.05) is 6.07 Å². The first-order valence-corrected chi connectivity index (χ1v) is 9.92. The van der Waals surface area contributed by atoms with Crippen LogP contribution in [0.1, 0.15) is 20.8 Å². The highest BCUT2D eigenvalue weighted by Gasteiger charge is 2.24. The topological polar surface area (TPSA) is 66.0 Å². The van der Waals surface area contributed by atoms with Crippen LogP contribution in [0, 0.1) is 0 Å². The smallest absolute Gasteiger partial charge is 0.242 e. The lowest BCUT2D eigenvalue weighted by Gasteiger charge is -2.36. The summed E-state index contributed by atoms with van der Waals surface area (Å²) in [6, 6.07) is 13.1. The molecular formula is C22H28N4O3. The third-order valence-corrected chi connectivity index (χ3v) is 4.80. The molecule has 0 radical (unpaired) electrons. The Morgan fingerprint density at radius 2 is 1.76 bits per heavy atom. The van der Waals surface area contributed by atoms with Crippen LogP contribution in [0.2, 0.25) is 0 Å². The minimum Gasteiger partial charge on any atom is -0.491 e. The van der Waals surface area contributed by atoms with Gasteiger partial charge in [-0.3, -0.25) is 9.59 Å². The Hall–Kier alpha value is -3.09. The maximum absolute atomic E-state index is 12.8. The first-order chi connectivity index (χ1) is 13.9. The van der Waals surface area contributed by atoms with Crippen molar-refractivity contribution in [1.82, 2.24) is 9.88 Å². The van der Waals surface area contributed by atoms with Gasteiger partial charge in [0.2, 0.25) is 11.8 Å². The molecule has 0 spiro atoms. The molecule has 0 saturated carbocycles. The van der Waals surface area contributed by atoms with Crippen LogP contribution in [0.5, 0.6) is 5.75 Å². The maximum Gasteiger partial charge on any atom is 0.242 e. The van der Waals surface area contributed by atoms with Gasteiger partial charge < -0.3 is 19.4 Å². The Bertz CT molecular complexity index is 816. The van der Waals surface area contributed by atoms with Crippen molar-refractivity contribution in [1.29, 1.82) is 0 Å². The molecule has 1 aromatic heterocycles. The monoisotopic (exact) mass is 396 g/mol. The second kappa shape index (κ2) is 9.41. The lowest BCUT2D eigenvalue weighted by molar-refractivity contribution is -0.131. The van der Waals surface area contributed by atoms with E-state index in [1.54, 1.807) is 6.20 Å². The zero-order valence-corrected chi connectivity index (χ0v) is 17.2. The van der Waals surface area contributed by atoms with Gasteiger partial charge in [0.05, 0.1) is 6.10 Å². The van der Waals surface area contributed by atoms with Gasteiger partial charge in [-0.2, -0.15) is 0 Å². The number of benzene rings is 1. The highest BCUT2D eigenvalue weighted by Crippen LogP contribution is 2.21. The fourth-order valence-corrected chi connectivity index (χ4v) is 3.32. The van der Waals surface area contributed by atoms with E-state index in [2.05, 4.69) is 9.88 Å². The summed E-state index contributed by atoms with van der Waals surface area (Å²) in [6.07, 6.45) is 1.85. The number of anilines is 2. The quantitative estimate of drug-likeness (QED) is 0.751. The molecule has 0 unspecified atom stereocenters. The molecule has 0 bridgehead atoms. The van der Waals surface area contributed by atoms with Gasteiger partial charge in [0.25, 0.3) is 0 Å². The Morgan fingerprint density at radius 1 is 1.07 bits per heavy atom. The molecule has 2 heterocycles. The third-order valence-electron chi connectivity index (χ3n) is 4.80. The van der Waals surface area contributed by atoms with Gasteiger partial charge in [0, 0.05) is 45.0 Å². The number of carbonyl (C=O) groups excluding carboxylic acids is 2. The van der Waals surface area contributed by atoms with Crippen LogP contribution in [0.15, 0.2) is 48.7 Å². The highest BCUT2D eigenvalue weighted by atomic mass is 16.5. The molecular weight excluding hydrogens is 368 g/mol. The number of hydrogen-bond acceptors (Lipinski definition) is 5. The van der Waals surface area contributed by atoms with Crippen LogP contribution in [0.25, 0.3) is 0 Å². The number of carbonyl (C=O) groups is 2. The zero-order chi connectivity index (χ0) is 20.8. The first-order valence-electron chi connectivity index (χ1n) is 9.92. The molecule has 1 aliphatic heterocycles. The summed E-state index contributed by atoms with van der Waals surface area (Å²) < 4.78 is 5.64. The zero-order valence-electron chi connectivity index (χ0n) is 17.2. The van der Waals surface area contributed by atoms with E-state index in [0.717, 1.165) is 24.7 Å². The molecule has 1 fully saturated rings. The van der Waals surface area contributed by atoms with E-state index in [1.165, 1.54) is 11.8 Å². The van der Waals surface area contributed by atoms with E-state index in [1.807, 2.05) is 61.2 Å². The van der Waals surface area contributed by atoms with Crippen molar-refractivity contribution in [3.8, 4) is 5.75 Å². The van der Waals surface area contributed by atoms with E-state index in [-0.39, 0.29) is 24.5 Å².